The number of ether oxygens (including phenoxy) is 1. The van der Waals surface area contributed by atoms with Crippen molar-refractivity contribution in [2.45, 2.75) is 6.54 Å². The second-order valence-electron chi connectivity index (χ2n) is 7.55. The molecule has 5 rings (SSSR count). The average Bonchev–Trinajstić information content (AvgIpc) is 3.36. The molecule has 3 aromatic rings. The van der Waals surface area contributed by atoms with Crippen molar-refractivity contribution in [3.8, 4) is 5.95 Å². The van der Waals surface area contributed by atoms with Crippen molar-refractivity contribution in [1.29, 1.82) is 0 Å². The Morgan fingerprint density at radius 3 is 2.10 bits per heavy atom. The summed E-state index contributed by atoms with van der Waals surface area (Å²) in [5.74, 6) is 2.04. The predicted octanol–water partition coefficient (Wildman–Crippen LogP) is 1.22. The van der Waals surface area contributed by atoms with Crippen LogP contribution in [-0.4, -0.2) is 81.9 Å². The molecule has 9 heteroatoms. The number of benzene rings is 1. The van der Waals surface area contributed by atoms with E-state index in [9.17, 15) is 0 Å². The highest BCUT2D eigenvalue weighted by Crippen LogP contribution is 2.19. The molecule has 2 saturated heterocycles. The molecule has 2 fully saturated rings. The lowest BCUT2D eigenvalue weighted by atomic mass is 10.2. The zero-order valence-electron chi connectivity index (χ0n) is 17.0. The van der Waals surface area contributed by atoms with Gasteiger partial charge in [0.15, 0.2) is 0 Å². The maximum absolute atomic E-state index is 5.49. The van der Waals surface area contributed by atoms with Crippen LogP contribution in [0.4, 0.5) is 11.9 Å². The first-order valence-corrected chi connectivity index (χ1v) is 10.4. The van der Waals surface area contributed by atoms with Gasteiger partial charge in [-0.1, -0.05) is 30.3 Å². The minimum atomic E-state index is 0.603. The number of hydrogen-bond acceptors (Lipinski definition) is 8. The van der Waals surface area contributed by atoms with Gasteiger partial charge >= 0.3 is 0 Å². The van der Waals surface area contributed by atoms with Crippen molar-refractivity contribution in [1.82, 2.24) is 29.4 Å². The van der Waals surface area contributed by atoms with Crippen molar-refractivity contribution in [3.63, 3.8) is 0 Å². The zero-order valence-corrected chi connectivity index (χ0v) is 17.0. The SMILES string of the molecule is c1ccc(CN2CCN(c3nc(N4CCOCC4)nc(-n4ccnc4)n3)CC2)cc1. The fourth-order valence-electron chi connectivity index (χ4n) is 3.83. The van der Waals surface area contributed by atoms with Gasteiger partial charge in [0, 0.05) is 58.2 Å². The van der Waals surface area contributed by atoms with Gasteiger partial charge in [0.1, 0.15) is 6.33 Å². The second kappa shape index (κ2) is 8.76. The molecule has 0 radical (unpaired) electrons. The third-order valence-electron chi connectivity index (χ3n) is 5.53. The van der Waals surface area contributed by atoms with Gasteiger partial charge in [-0.05, 0) is 5.56 Å². The van der Waals surface area contributed by atoms with Crippen LogP contribution in [0.5, 0.6) is 0 Å². The summed E-state index contributed by atoms with van der Waals surface area (Å²) in [5.41, 5.74) is 1.35. The molecular weight excluding hydrogens is 380 g/mol. The highest BCUT2D eigenvalue weighted by atomic mass is 16.5. The molecule has 4 heterocycles. The van der Waals surface area contributed by atoms with Gasteiger partial charge in [-0.2, -0.15) is 15.0 Å². The van der Waals surface area contributed by atoms with Crippen LogP contribution in [-0.2, 0) is 11.3 Å². The predicted molar refractivity (Wildman–Crippen MR) is 114 cm³/mol. The van der Waals surface area contributed by atoms with Gasteiger partial charge in [0.2, 0.25) is 17.8 Å². The quantitative estimate of drug-likeness (QED) is 0.626. The fourth-order valence-corrected chi connectivity index (χ4v) is 3.83. The number of imidazole rings is 1. The van der Waals surface area contributed by atoms with Gasteiger partial charge in [0.05, 0.1) is 13.2 Å². The van der Waals surface area contributed by atoms with Crippen LogP contribution in [0.25, 0.3) is 5.95 Å². The summed E-state index contributed by atoms with van der Waals surface area (Å²) in [5, 5.41) is 0. The lowest BCUT2D eigenvalue weighted by molar-refractivity contribution is 0.122. The Morgan fingerprint density at radius 1 is 0.767 bits per heavy atom. The normalized spacial score (nSPS) is 18.0. The van der Waals surface area contributed by atoms with E-state index in [-0.39, 0.29) is 0 Å². The summed E-state index contributed by atoms with van der Waals surface area (Å²) in [6, 6.07) is 10.6. The van der Waals surface area contributed by atoms with Crippen LogP contribution in [0.15, 0.2) is 49.1 Å². The smallest absolute Gasteiger partial charge is 0.241 e. The summed E-state index contributed by atoms with van der Waals surface area (Å²) in [4.78, 5) is 25.3. The van der Waals surface area contributed by atoms with Crippen molar-refractivity contribution < 1.29 is 4.74 Å². The molecular formula is C21H26N8O. The fraction of sp³-hybridized carbons (Fsp3) is 0.429. The van der Waals surface area contributed by atoms with Crippen LogP contribution in [0.3, 0.4) is 0 Å². The summed E-state index contributed by atoms with van der Waals surface area (Å²) >= 11 is 0. The highest BCUT2D eigenvalue weighted by Gasteiger charge is 2.23. The van der Waals surface area contributed by atoms with E-state index in [2.05, 4.69) is 50.0 Å². The Balaban J connectivity index is 1.34. The lowest BCUT2D eigenvalue weighted by Crippen LogP contribution is -2.47. The Morgan fingerprint density at radius 2 is 1.43 bits per heavy atom. The Bertz CT molecular complexity index is 935. The van der Waals surface area contributed by atoms with Crippen molar-refractivity contribution in [3.05, 3.63) is 54.6 Å². The molecule has 0 saturated carbocycles. The van der Waals surface area contributed by atoms with Crippen molar-refractivity contribution in [2.24, 2.45) is 0 Å². The number of anilines is 2. The molecule has 156 valence electrons. The van der Waals surface area contributed by atoms with Crippen LogP contribution in [0.1, 0.15) is 5.56 Å². The van der Waals surface area contributed by atoms with Crippen molar-refractivity contribution >= 4 is 11.9 Å². The molecule has 2 aromatic heterocycles. The van der Waals surface area contributed by atoms with Gasteiger partial charge in [0.25, 0.3) is 0 Å². The average molecular weight is 406 g/mol. The molecule has 0 aliphatic carbocycles. The standard InChI is InChI=1S/C21H26N8O/c1-2-4-18(5-3-1)16-26-8-10-27(11-9-26)19-23-20(28-12-14-30-15-13-28)25-21(24-19)29-7-6-22-17-29/h1-7,17H,8-16H2. The van der Waals surface area contributed by atoms with Gasteiger partial charge in [-0.3, -0.25) is 9.47 Å². The number of nitrogens with zero attached hydrogens (tertiary/aromatic N) is 8. The largest absolute Gasteiger partial charge is 0.378 e. The van der Waals surface area contributed by atoms with Crippen LogP contribution < -0.4 is 9.80 Å². The van der Waals surface area contributed by atoms with E-state index in [0.717, 1.165) is 51.8 Å². The van der Waals surface area contributed by atoms with Gasteiger partial charge < -0.3 is 14.5 Å². The molecule has 0 spiro atoms. The van der Waals surface area contributed by atoms with Crippen LogP contribution in [0.2, 0.25) is 0 Å². The first-order valence-electron chi connectivity index (χ1n) is 10.4. The van der Waals surface area contributed by atoms with Gasteiger partial charge in [-0.25, -0.2) is 4.98 Å². The summed E-state index contributed by atoms with van der Waals surface area (Å²) in [7, 11) is 0. The molecule has 30 heavy (non-hydrogen) atoms. The number of hydrogen-bond donors (Lipinski definition) is 0. The maximum Gasteiger partial charge on any atom is 0.241 e. The molecule has 0 N–H and O–H groups in total. The third-order valence-corrected chi connectivity index (χ3v) is 5.53. The van der Waals surface area contributed by atoms with Crippen LogP contribution in [0, 0.1) is 0 Å². The topological polar surface area (TPSA) is 75.4 Å². The van der Waals surface area contributed by atoms with E-state index < -0.39 is 0 Å². The Hall–Kier alpha value is -3.04. The second-order valence-corrected chi connectivity index (χ2v) is 7.55. The van der Waals surface area contributed by atoms with E-state index in [4.69, 9.17) is 19.7 Å². The Kier molecular flexibility index (Phi) is 5.54. The minimum Gasteiger partial charge on any atom is -0.378 e. The van der Waals surface area contributed by atoms with Gasteiger partial charge in [-0.15, -0.1) is 0 Å². The first kappa shape index (κ1) is 19.0. The minimum absolute atomic E-state index is 0.603. The van der Waals surface area contributed by atoms with Crippen molar-refractivity contribution in [2.75, 3.05) is 62.3 Å². The Labute approximate surface area is 176 Å². The highest BCUT2D eigenvalue weighted by molar-refractivity contribution is 5.42. The maximum atomic E-state index is 5.49. The number of piperazine rings is 1. The van der Waals surface area contributed by atoms with E-state index in [1.165, 1.54) is 5.56 Å². The lowest BCUT2D eigenvalue weighted by Gasteiger charge is -2.35. The van der Waals surface area contributed by atoms with Crippen LogP contribution >= 0.6 is 0 Å². The summed E-state index contributed by atoms with van der Waals surface area (Å²) < 4.78 is 7.32. The molecule has 9 nitrogen and oxygen atoms in total. The zero-order chi connectivity index (χ0) is 20.2. The van der Waals surface area contributed by atoms with E-state index in [1.807, 2.05) is 10.8 Å². The molecule has 2 aliphatic rings. The number of morpholine rings is 1. The summed E-state index contributed by atoms with van der Waals surface area (Å²) in [6.45, 7) is 7.69. The molecule has 1 aromatic carbocycles. The summed E-state index contributed by atoms with van der Waals surface area (Å²) in [6.07, 6.45) is 5.32. The van der Waals surface area contributed by atoms with E-state index in [0.29, 0.717) is 25.1 Å². The number of aromatic nitrogens is 5. The molecule has 2 aliphatic heterocycles. The number of rotatable bonds is 5. The monoisotopic (exact) mass is 406 g/mol. The van der Waals surface area contributed by atoms with E-state index in [1.54, 1.807) is 12.5 Å². The molecule has 0 unspecified atom stereocenters. The molecule has 0 amide bonds. The molecule has 0 bridgehead atoms. The van der Waals surface area contributed by atoms with E-state index >= 15 is 0 Å². The third kappa shape index (κ3) is 4.27. The first-order chi connectivity index (χ1) is 14.8. The molecule has 0 atom stereocenters.